The lowest BCUT2D eigenvalue weighted by Gasteiger charge is -2.02. The van der Waals surface area contributed by atoms with Gasteiger partial charge in [0, 0.05) is 11.6 Å². The molecule has 0 unspecified atom stereocenters. The maximum Gasteiger partial charge on any atom is 0.0406 e. The van der Waals surface area contributed by atoms with Crippen molar-refractivity contribution in [1.82, 2.24) is 5.32 Å². The normalized spacial score (nSPS) is 11.3. The first-order chi connectivity index (χ1) is 9.33. The zero-order chi connectivity index (χ0) is 13.8. The van der Waals surface area contributed by atoms with Crippen molar-refractivity contribution in [3.8, 4) is 0 Å². The fraction of sp³-hybridized carbons (Fsp3) is 0.529. The SMILES string of the molecule is CCCCCCCCNC/C=C/c1ccc(Cl)cc1. The number of hydrogen-bond acceptors (Lipinski definition) is 1. The van der Waals surface area contributed by atoms with Crippen LogP contribution in [-0.4, -0.2) is 13.1 Å². The Bertz CT molecular complexity index is 343. The van der Waals surface area contributed by atoms with Gasteiger partial charge in [0.05, 0.1) is 0 Å². The van der Waals surface area contributed by atoms with Crippen molar-refractivity contribution in [2.45, 2.75) is 45.4 Å². The summed E-state index contributed by atoms with van der Waals surface area (Å²) < 4.78 is 0. The van der Waals surface area contributed by atoms with Gasteiger partial charge in [-0.3, -0.25) is 0 Å². The van der Waals surface area contributed by atoms with Gasteiger partial charge in [0.25, 0.3) is 0 Å². The van der Waals surface area contributed by atoms with Gasteiger partial charge in [-0.2, -0.15) is 0 Å². The number of nitrogens with one attached hydrogen (secondary N) is 1. The molecule has 2 heteroatoms. The Labute approximate surface area is 123 Å². The van der Waals surface area contributed by atoms with Gasteiger partial charge < -0.3 is 5.32 Å². The summed E-state index contributed by atoms with van der Waals surface area (Å²) in [6.07, 6.45) is 12.4. The minimum absolute atomic E-state index is 0.790. The van der Waals surface area contributed by atoms with E-state index in [0.29, 0.717) is 0 Å². The largest absolute Gasteiger partial charge is 0.313 e. The molecular weight excluding hydrogens is 254 g/mol. The van der Waals surface area contributed by atoms with Crippen molar-refractivity contribution in [3.63, 3.8) is 0 Å². The molecule has 0 bridgehead atoms. The van der Waals surface area contributed by atoms with E-state index in [1.165, 1.54) is 44.1 Å². The van der Waals surface area contributed by atoms with Crippen LogP contribution in [-0.2, 0) is 0 Å². The van der Waals surface area contributed by atoms with E-state index >= 15 is 0 Å². The predicted molar refractivity (Wildman–Crippen MR) is 86.7 cm³/mol. The highest BCUT2D eigenvalue weighted by Crippen LogP contribution is 2.10. The quantitative estimate of drug-likeness (QED) is 0.573. The number of halogens is 1. The second kappa shape index (κ2) is 11.1. The van der Waals surface area contributed by atoms with E-state index in [1.54, 1.807) is 0 Å². The molecular formula is C17H26ClN. The summed E-state index contributed by atoms with van der Waals surface area (Å²) in [5.41, 5.74) is 1.20. The Morgan fingerprint density at radius 1 is 1.00 bits per heavy atom. The Morgan fingerprint density at radius 2 is 1.68 bits per heavy atom. The first-order valence-corrected chi connectivity index (χ1v) is 7.83. The molecule has 0 aromatic heterocycles. The van der Waals surface area contributed by atoms with Crippen molar-refractivity contribution in [2.75, 3.05) is 13.1 Å². The van der Waals surface area contributed by atoms with Gasteiger partial charge in [-0.15, -0.1) is 0 Å². The highest BCUT2D eigenvalue weighted by Gasteiger charge is 1.90. The van der Waals surface area contributed by atoms with E-state index in [1.807, 2.05) is 24.3 Å². The average Bonchev–Trinajstić information content (AvgIpc) is 2.43. The lowest BCUT2D eigenvalue weighted by molar-refractivity contribution is 0.585. The molecule has 0 saturated heterocycles. The van der Waals surface area contributed by atoms with Crippen molar-refractivity contribution in [2.24, 2.45) is 0 Å². The van der Waals surface area contributed by atoms with Crippen LogP contribution in [0.25, 0.3) is 6.08 Å². The van der Waals surface area contributed by atoms with E-state index in [-0.39, 0.29) is 0 Å². The monoisotopic (exact) mass is 279 g/mol. The Kier molecular flexibility index (Phi) is 9.48. The second-order valence-corrected chi connectivity index (χ2v) is 5.36. The summed E-state index contributed by atoms with van der Waals surface area (Å²) in [6.45, 7) is 4.32. The number of hydrogen-bond donors (Lipinski definition) is 1. The zero-order valence-electron chi connectivity index (χ0n) is 12.0. The summed E-state index contributed by atoms with van der Waals surface area (Å²) in [5, 5.41) is 4.24. The molecule has 0 amide bonds. The first-order valence-electron chi connectivity index (χ1n) is 7.45. The maximum atomic E-state index is 5.84. The van der Waals surface area contributed by atoms with Gasteiger partial charge in [-0.05, 0) is 30.7 Å². The van der Waals surface area contributed by atoms with E-state index in [0.717, 1.165) is 18.1 Å². The molecule has 0 saturated carbocycles. The van der Waals surface area contributed by atoms with Crippen LogP contribution in [0.5, 0.6) is 0 Å². The molecule has 0 aliphatic rings. The standard InChI is InChI=1S/C17H26ClN/c1-2-3-4-5-6-7-14-19-15-8-9-16-10-12-17(18)13-11-16/h8-13,19H,2-7,14-15H2,1H3/b9-8+. The predicted octanol–water partition coefficient (Wildman–Crippen LogP) is 5.30. The van der Waals surface area contributed by atoms with E-state index in [4.69, 9.17) is 11.6 Å². The van der Waals surface area contributed by atoms with Gasteiger partial charge in [0.2, 0.25) is 0 Å². The van der Waals surface area contributed by atoms with Gasteiger partial charge in [-0.1, -0.05) is 74.9 Å². The molecule has 1 rings (SSSR count). The van der Waals surface area contributed by atoms with Crippen LogP contribution in [0.4, 0.5) is 0 Å². The first kappa shape index (κ1) is 16.3. The Hall–Kier alpha value is -0.790. The Balaban J connectivity index is 1.97. The van der Waals surface area contributed by atoms with Crippen LogP contribution in [0, 0.1) is 0 Å². The Morgan fingerprint density at radius 3 is 2.42 bits per heavy atom. The van der Waals surface area contributed by atoms with Crippen molar-refractivity contribution < 1.29 is 0 Å². The molecule has 106 valence electrons. The molecule has 0 fully saturated rings. The summed E-state index contributed by atoms with van der Waals surface area (Å²) >= 11 is 5.84. The van der Waals surface area contributed by atoms with Crippen molar-refractivity contribution in [3.05, 3.63) is 40.9 Å². The van der Waals surface area contributed by atoms with Crippen molar-refractivity contribution >= 4 is 17.7 Å². The highest BCUT2D eigenvalue weighted by molar-refractivity contribution is 6.30. The third-order valence-corrected chi connectivity index (χ3v) is 3.40. The maximum absolute atomic E-state index is 5.84. The number of rotatable bonds is 10. The fourth-order valence-electron chi connectivity index (χ4n) is 1.98. The zero-order valence-corrected chi connectivity index (χ0v) is 12.8. The molecule has 0 heterocycles. The van der Waals surface area contributed by atoms with Crippen LogP contribution in [0.2, 0.25) is 5.02 Å². The summed E-state index contributed by atoms with van der Waals surface area (Å²) in [6, 6.07) is 7.91. The average molecular weight is 280 g/mol. The molecule has 19 heavy (non-hydrogen) atoms. The molecule has 1 aromatic carbocycles. The summed E-state index contributed by atoms with van der Waals surface area (Å²) in [7, 11) is 0. The number of unbranched alkanes of at least 4 members (excludes halogenated alkanes) is 5. The van der Waals surface area contributed by atoms with Crippen LogP contribution in [0.1, 0.15) is 51.0 Å². The van der Waals surface area contributed by atoms with E-state index < -0.39 is 0 Å². The molecule has 1 aromatic rings. The van der Waals surface area contributed by atoms with Gasteiger partial charge in [0.1, 0.15) is 0 Å². The fourth-order valence-corrected chi connectivity index (χ4v) is 2.11. The molecule has 0 radical (unpaired) electrons. The van der Waals surface area contributed by atoms with E-state index in [2.05, 4.69) is 24.4 Å². The van der Waals surface area contributed by atoms with Crippen LogP contribution < -0.4 is 5.32 Å². The molecule has 0 aliphatic carbocycles. The molecule has 1 nitrogen and oxygen atoms in total. The summed E-state index contributed by atoms with van der Waals surface area (Å²) in [5.74, 6) is 0. The highest BCUT2D eigenvalue weighted by atomic mass is 35.5. The van der Waals surface area contributed by atoms with Crippen LogP contribution in [0.3, 0.4) is 0 Å². The minimum Gasteiger partial charge on any atom is -0.313 e. The third kappa shape index (κ3) is 8.85. The lowest BCUT2D eigenvalue weighted by Crippen LogP contribution is -2.14. The molecule has 1 N–H and O–H groups in total. The molecule has 0 spiro atoms. The number of benzene rings is 1. The molecule has 0 aliphatic heterocycles. The van der Waals surface area contributed by atoms with Gasteiger partial charge >= 0.3 is 0 Å². The van der Waals surface area contributed by atoms with Crippen LogP contribution in [0.15, 0.2) is 30.3 Å². The molecule has 0 atom stereocenters. The summed E-state index contributed by atoms with van der Waals surface area (Å²) in [4.78, 5) is 0. The van der Waals surface area contributed by atoms with Crippen molar-refractivity contribution in [1.29, 1.82) is 0 Å². The lowest BCUT2D eigenvalue weighted by atomic mass is 10.1. The van der Waals surface area contributed by atoms with Gasteiger partial charge in [0.15, 0.2) is 0 Å². The smallest absolute Gasteiger partial charge is 0.0406 e. The second-order valence-electron chi connectivity index (χ2n) is 4.93. The third-order valence-electron chi connectivity index (χ3n) is 3.15. The van der Waals surface area contributed by atoms with Crippen LogP contribution >= 0.6 is 11.6 Å². The minimum atomic E-state index is 0.790. The topological polar surface area (TPSA) is 12.0 Å². The van der Waals surface area contributed by atoms with Gasteiger partial charge in [-0.25, -0.2) is 0 Å². The van der Waals surface area contributed by atoms with E-state index in [9.17, 15) is 0 Å².